The molecule has 1 amide bonds. The van der Waals surface area contributed by atoms with Gasteiger partial charge >= 0.3 is 0 Å². The summed E-state index contributed by atoms with van der Waals surface area (Å²) in [5.74, 6) is -0.419. The third-order valence-electron chi connectivity index (χ3n) is 2.87. The van der Waals surface area contributed by atoms with Crippen molar-refractivity contribution in [3.8, 4) is 0 Å². The number of nitrogens with two attached hydrogens (primary N) is 1. The molecule has 0 saturated carbocycles. The third kappa shape index (κ3) is 3.41. The molecule has 2 aromatic rings. The first-order chi connectivity index (χ1) is 9.79. The number of aromatic nitrogens is 2. The van der Waals surface area contributed by atoms with Gasteiger partial charge in [0.25, 0.3) is 5.91 Å². The summed E-state index contributed by atoms with van der Waals surface area (Å²) < 4.78 is 22.7. The van der Waals surface area contributed by atoms with Gasteiger partial charge in [-0.1, -0.05) is 0 Å². The minimum Gasteiger partial charge on any atom is -0.320 e. The summed E-state index contributed by atoms with van der Waals surface area (Å²) in [7, 11) is -3.78. The highest BCUT2D eigenvalue weighted by molar-refractivity contribution is 7.89. The molecule has 0 spiro atoms. The van der Waals surface area contributed by atoms with Crippen LogP contribution < -0.4 is 10.5 Å². The van der Waals surface area contributed by atoms with Gasteiger partial charge in [-0.15, -0.1) is 0 Å². The maximum absolute atomic E-state index is 12.0. The van der Waals surface area contributed by atoms with Crippen LogP contribution in [-0.2, 0) is 10.0 Å². The molecule has 3 N–H and O–H groups in total. The fourth-order valence-corrected chi connectivity index (χ4v) is 2.56. The van der Waals surface area contributed by atoms with E-state index in [4.69, 9.17) is 5.14 Å². The second kappa shape index (κ2) is 5.58. The van der Waals surface area contributed by atoms with E-state index in [2.05, 4.69) is 15.3 Å². The third-order valence-corrected chi connectivity index (χ3v) is 3.76. The van der Waals surface area contributed by atoms with Gasteiger partial charge in [0.2, 0.25) is 10.0 Å². The Balaban J connectivity index is 2.36. The number of aryl methyl sites for hydroxylation is 2. The van der Waals surface area contributed by atoms with Crippen molar-refractivity contribution in [2.45, 2.75) is 18.7 Å². The van der Waals surface area contributed by atoms with Crippen molar-refractivity contribution >= 4 is 21.6 Å². The van der Waals surface area contributed by atoms with Crippen molar-refractivity contribution in [3.05, 3.63) is 47.5 Å². The van der Waals surface area contributed by atoms with Crippen LogP contribution in [0.25, 0.3) is 0 Å². The highest BCUT2D eigenvalue weighted by Gasteiger charge is 2.15. The Morgan fingerprint density at radius 3 is 2.29 bits per heavy atom. The molecule has 0 unspecified atom stereocenters. The standard InChI is InChI=1S/C13H14N4O3S/c1-8-5-10(21(14,19)20)6-9(2)12(8)17-13(18)11-7-15-3-4-16-11/h3-7H,1-2H3,(H,17,18)(H2,14,19,20). The largest absolute Gasteiger partial charge is 0.320 e. The van der Waals surface area contributed by atoms with Gasteiger partial charge in [-0.2, -0.15) is 0 Å². The molecule has 0 radical (unpaired) electrons. The predicted molar refractivity (Wildman–Crippen MR) is 77.3 cm³/mol. The maximum atomic E-state index is 12.0. The van der Waals surface area contributed by atoms with E-state index < -0.39 is 15.9 Å². The number of anilines is 1. The average Bonchev–Trinajstić information content (AvgIpc) is 2.42. The number of nitrogens with zero attached hydrogens (tertiary/aromatic N) is 2. The van der Waals surface area contributed by atoms with Gasteiger partial charge in [0.15, 0.2) is 0 Å². The van der Waals surface area contributed by atoms with E-state index in [0.717, 1.165) is 0 Å². The summed E-state index contributed by atoms with van der Waals surface area (Å²) in [5, 5.41) is 7.80. The number of sulfonamides is 1. The number of hydrogen-bond acceptors (Lipinski definition) is 5. The maximum Gasteiger partial charge on any atom is 0.275 e. The van der Waals surface area contributed by atoms with Crippen molar-refractivity contribution in [1.82, 2.24) is 9.97 Å². The van der Waals surface area contributed by atoms with Crippen LogP contribution in [0.3, 0.4) is 0 Å². The van der Waals surface area contributed by atoms with E-state index in [1.807, 2.05) is 0 Å². The molecule has 2 rings (SSSR count). The van der Waals surface area contributed by atoms with E-state index >= 15 is 0 Å². The normalized spacial score (nSPS) is 11.2. The summed E-state index contributed by atoms with van der Waals surface area (Å²) in [6, 6.07) is 2.82. The molecule has 1 aromatic carbocycles. The average molecular weight is 306 g/mol. The number of nitrogens with one attached hydrogen (secondary N) is 1. The molecular formula is C13H14N4O3S. The van der Waals surface area contributed by atoms with Crippen LogP contribution in [0.2, 0.25) is 0 Å². The zero-order chi connectivity index (χ0) is 15.6. The first kappa shape index (κ1) is 15.1. The first-order valence-corrected chi connectivity index (χ1v) is 7.55. The second-order valence-electron chi connectivity index (χ2n) is 4.52. The van der Waals surface area contributed by atoms with Crippen LogP contribution in [0, 0.1) is 13.8 Å². The van der Waals surface area contributed by atoms with Gasteiger partial charge in [0, 0.05) is 18.1 Å². The second-order valence-corrected chi connectivity index (χ2v) is 6.08. The lowest BCUT2D eigenvalue weighted by Gasteiger charge is -2.13. The fraction of sp³-hybridized carbons (Fsp3) is 0.154. The Kier molecular flexibility index (Phi) is 4.01. The topological polar surface area (TPSA) is 115 Å². The van der Waals surface area contributed by atoms with Crippen molar-refractivity contribution in [2.24, 2.45) is 5.14 Å². The lowest BCUT2D eigenvalue weighted by Crippen LogP contribution is -2.17. The summed E-state index contributed by atoms with van der Waals surface area (Å²) >= 11 is 0. The minimum atomic E-state index is -3.78. The van der Waals surface area contributed by atoms with Crippen LogP contribution in [0.15, 0.2) is 35.6 Å². The molecule has 0 bridgehead atoms. The van der Waals surface area contributed by atoms with Crippen molar-refractivity contribution in [2.75, 3.05) is 5.32 Å². The molecule has 0 aliphatic rings. The Morgan fingerprint density at radius 1 is 1.19 bits per heavy atom. The molecule has 21 heavy (non-hydrogen) atoms. The highest BCUT2D eigenvalue weighted by Crippen LogP contribution is 2.24. The fourth-order valence-electron chi connectivity index (χ4n) is 1.88. The lowest BCUT2D eigenvalue weighted by atomic mass is 10.1. The Labute approximate surface area is 122 Å². The Morgan fingerprint density at radius 2 is 1.81 bits per heavy atom. The smallest absolute Gasteiger partial charge is 0.275 e. The van der Waals surface area contributed by atoms with Crippen LogP contribution in [0.1, 0.15) is 21.6 Å². The van der Waals surface area contributed by atoms with Crippen molar-refractivity contribution in [1.29, 1.82) is 0 Å². The molecule has 0 aliphatic carbocycles. The quantitative estimate of drug-likeness (QED) is 0.877. The van der Waals surface area contributed by atoms with Gasteiger partial charge < -0.3 is 5.32 Å². The van der Waals surface area contributed by atoms with Crippen LogP contribution in [0.5, 0.6) is 0 Å². The lowest BCUT2D eigenvalue weighted by molar-refractivity contribution is 0.102. The number of benzene rings is 1. The SMILES string of the molecule is Cc1cc(S(N)(=O)=O)cc(C)c1NC(=O)c1cnccn1. The van der Waals surface area contributed by atoms with Gasteiger partial charge in [0.05, 0.1) is 11.1 Å². The zero-order valence-corrected chi connectivity index (χ0v) is 12.3. The molecule has 0 atom stereocenters. The van der Waals surface area contributed by atoms with Gasteiger partial charge in [-0.05, 0) is 37.1 Å². The number of rotatable bonds is 3. The van der Waals surface area contributed by atoms with Crippen molar-refractivity contribution < 1.29 is 13.2 Å². The highest BCUT2D eigenvalue weighted by atomic mass is 32.2. The number of amides is 1. The predicted octanol–water partition coefficient (Wildman–Crippen LogP) is 0.993. The molecule has 0 fully saturated rings. The van der Waals surface area contributed by atoms with E-state index in [0.29, 0.717) is 16.8 Å². The monoisotopic (exact) mass is 306 g/mol. The van der Waals surface area contributed by atoms with Crippen LogP contribution in [0.4, 0.5) is 5.69 Å². The van der Waals surface area contributed by atoms with E-state index in [-0.39, 0.29) is 10.6 Å². The van der Waals surface area contributed by atoms with E-state index in [9.17, 15) is 13.2 Å². The number of carbonyl (C=O) groups is 1. The Bertz CT molecular complexity index is 765. The van der Waals surface area contributed by atoms with E-state index in [1.165, 1.54) is 30.7 Å². The van der Waals surface area contributed by atoms with Gasteiger partial charge in [-0.3, -0.25) is 9.78 Å². The molecule has 1 heterocycles. The number of primary sulfonamides is 1. The summed E-state index contributed by atoms with van der Waals surface area (Å²) in [6.45, 7) is 3.38. The molecule has 1 aromatic heterocycles. The summed E-state index contributed by atoms with van der Waals surface area (Å²) in [5.41, 5.74) is 1.89. The Hall–Kier alpha value is -2.32. The number of hydrogen-bond donors (Lipinski definition) is 2. The molecule has 110 valence electrons. The number of carbonyl (C=O) groups excluding carboxylic acids is 1. The van der Waals surface area contributed by atoms with Gasteiger partial charge in [0.1, 0.15) is 5.69 Å². The van der Waals surface area contributed by atoms with Crippen molar-refractivity contribution in [3.63, 3.8) is 0 Å². The van der Waals surface area contributed by atoms with E-state index in [1.54, 1.807) is 13.8 Å². The molecule has 0 aliphatic heterocycles. The molecule has 8 heteroatoms. The molecule has 0 saturated heterocycles. The summed E-state index contributed by atoms with van der Waals surface area (Å²) in [6.07, 6.45) is 4.23. The molecular weight excluding hydrogens is 292 g/mol. The first-order valence-electron chi connectivity index (χ1n) is 6.00. The minimum absolute atomic E-state index is 0.00926. The van der Waals surface area contributed by atoms with Crippen LogP contribution in [-0.4, -0.2) is 24.3 Å². The van der Waals surface area contributed by atoms with Gasteiger partial charge in [-0.25, -0.2) is 18.5 Å². The summed E-state index contributed by atoms with van der Waals surface area (Å²) in [4.78, 5) is 19.8. The molecule has 7 nitrogen and oxygen atoms in total. The van der Waals surface area contributed by atoms with Crippen LogP contribution >= 0.6 is 0 Å². The zero-order valence-electron chi connectivity index (χ0n) is 11.5.